The Bertz CT molecular complexity index is 1300. The SMILES string of the molecule is CCNC(=O)N1CCN(c2nc3ccccc3c3nnc(-c4cccc(C)c4)n23)C[C@@H]1C. The molecular formula is C24H27N7O. The molecule has 2 aromatic carbocycles. The molecule has 8 nitrogen and oxygen atoms in total. The van der Waals surface area contributed by atoms with Gasteiger partial charge in [0, 0.05) is 43.2 Å². The molecule has 1 aliphatic heterocycles. The van der Waals surface area contributed by atoms with Gasteiger partial charge in [-0.25, -0.2) is 14.2 Å². The molecule has 164 valence electrons. The average molecular weight is 430 g/mol. The van der Waals surface area contributed by atoms with E-state index in [0.29, 0.717) is 26.2 Å². The minimum absolute atomic E-state index is 0.0129. The molecule has 4 aromatic rings. The lowest BCUT2D eigenvalue weighted by atomic mass is 10.1. The van der Waals surface area contributed by atoms with Crippen molar-refractivity contribution < 1.29 is 4.79 Å². The average Bonchev–Trinajstić information content (AvgIpc) is 3.24. The van der Waals surface area contributed by atoms with Gasteiger partial charge in [0.2, 0.25) is 5.95 Å². The lowest BCUT2D eigenvalue weighted by Gasteiger charge is -2.40. The number of carbonyl (C=O) groups excluding carboxylic acids is 1. The number of urea groups is 1. The minimum atomic E-state index is -0.0129. The van der Waals surface area contributed by atoms with Gasteiger partial charge in [0.25, 0.3) is 0 Å². The number of nitrogens with zero attached hydrogens (tertiary/aromatic N) is 6. The number of fused-ring (bicyclic) bond motifs is 3. The van der Waals surface area contributed by atoms with Crippen LogP contribution in [-0.2, 0) is 0 Å². The quantitative estimate of drug-likeness (QED) is 0.539. The number of hydrogen-bond acceptors (Lipinski definition) is 5. The highest BCUT2D eigenvalue weighted by Gasteiger charge is 2.30. The third-order valence-electron chi connectivity index (χ3n) is 6.00. The number of rotatable bonds is 3. The van der Waals surface area contributed by atoms with E-state index in [1.54, 1.807) is 0 Å². The molecule has 1 N–H and O–H groups in total. The molecule has 0 saturated carbocycles. The second-order valence-electron chi connectivity index (χ2n) is 8.30. The van der Waals surface area contributed by atoms with Crippen LogP contribution in [0.2, 0.25) is 0 Å². The largest absolute Gasteiger partial charge is 0.338 e. The highest BCUT2D eigenvalue weighted by Crippen LogP contribution is 2.29. The number of hydrogen-bond donors (Lipinski definition) is 1. The normalized spacial score (nSPS) is 16.7. The van der Waals surface area contributed by atoms with Gasteiger partial charge < -0.3 is 15.1 Å². The number of amides is 2. The fourth-order valence-electron chi connectivity index (χ4n) is 4.44. The molecule has 2 aromatic heterocycles. The van der Waals surface area contributed by atoms with E-state index < -0.39 is 0 Å². The zero-order valence-corrected chi connectivity index (χ0v) is 18.6. The molecule has 0 radical (unpaired) electrons. The summed E-state index contributed by atoms with van der Waals surface area (Å²) in [5.74, 6) is 1.58. The van der Waals surface area contributed by atoms with Crippen molar-refractivity contribution in [1.82, 2.24) is 29.8 Å². The molecule has 2 amide bonds. The molecule has 1 aliphatic rings. The monoisotopic (exact) mass is 429 g/mol. The molecule has 1 atom stereocenters. The van der Waals surface area contributed by atoms with Gasteiger partial charge in [0.05, 0.1) is 5.52 Å². The molecule has 8 heteroatoms. The maximum absolute atomic E-state index is 12.4. The number of nitrogens with one attached hydrogen (secondary N) is 1. The zero-order valence-electron chi connectivity index (χ0n) is 18.6. The van der Waals surface area contributed by atoms with Gasteiger partial charge in [-0.05, 0) is 39.0 Å². The fourth-order valence-corrected chi connectivity index (χ4v) is 4.44. The summed E-state index contributed by atoms with van der Waals surface area (Å²) in [6.07, 6.45) is 0. The predicted octanol–water partition coefficient (Wildman–Crippen LogP) is 3.49. The molecule has 1 saturated heterocycles. The maximum Gasteiger partial charge on any atom is 0.317 e. The Balaban J connectivity index is 1.63. The van der Waals surface area contributed by atoms with Gasteiger partial charge in [-0.3, -0.25) is 0 Å². The van der Waals surface area contributed by atoms with Crippen molar-refractivity contribution in [3.05, 3.63) is 54.1 Å². The molecule has 1 fully saturated rings. The van der Waals surface area contributed by atoms with Crippen LogP contribution in [0.5, 0.6) is 0 Å². The lowest BCUT2D eigenvalue weighted by Crippen LogP contribution is -2.57. The van der Waals surface area contributed by atoms with Gasteiger partial charge in [0.1, 0.15) is 0 Å². The first-order valence-electron chi connectivity index (χ1n) is 11.1. The van der Waals surface area contributed by atoms with Crippen molar-refractivity contribution in [3.63, 3.8) is 0 Å². The first-order valence-corrected chi connectivity index (χ1v) is 11.1. The second kappa shape index (κ2) is 8.11. The Morgan fingerprint density at radius 3 is 2.75 bits per heavy atom. The van der Waals surface area contributed by atoms with Crippen LogP contribution in [0.3, 0.4) is 0 Å². The van der Waals surface area contributed by atoms with E-state index >= 15 is 0 Å². The van der Waals surface area contributed by atoms with Crippen molar-refractivity contribution in [1.29, 1.82) is 0 Å². The van der Waals surface area contributed by atoms with Crippen molar-refractivity contribution in [3.8, 4) is 11.4 Å². The molecule has 0 spiro atoms. The number of anilines is 1. The number of piperazine rings is 1. The summed E-state index contributed by atoms with van der Waals surface area (Å²) < 4.78 is 2.06. The summed E-state index contributed by atoms with van der Waals surface area (Å²) in [6.45, 7) is 8.71. The van der Waals surface area contributed by atoms with E-state index in [9.17, 15) is 4.79 Å². The zero-order chi connectivity index (χ0) is 22.2. The Hall–Kier alpha value is -3.68. The van der Waals surface area contributed by atoms with Crippen molar-refractivity contribution >= 4 is 28.5 Å². The molecule has 3 heterocycles. The summed E-state index contributed by atoms with van der Waals surface area (Å²) in [6, 6.07) is 16.3. The number of aromatic nitrogens is 4. The molecule has 0 unspecified atom stereocenters. The molecule has 0 aliphatic carbocycles. The minimum Gasteiger partial charge on any atom is -0.338 e. The van der Waals surface area contributed by atoms with E-state index in [0.717, 1.165) is 33.9 Å². The smallest absolute Gasteiger partial charge is 0.317 e. The predicted molar refractivity (Wildman–Crippen MR) is 126 cm³/mol. The van der Waals surface area contributed by atoms with Gasteiger partial charge >= 0.3 is 6.03 Å². The van der Waals surface area contributed by atoms with Gasteiger partial charge in [-0.15, -0.1) is 10.2 Å². The van der Waals surface area contributed by atoms with Crippen LogP contribution in [0.25, 0.3) is 27.9 Å². The Kier molecular flexibility index (Phi) is 5.13. The van der Waals surface area contributed by atoms with Crippen LogP contribution in [0, 0.1) is 6.92 Å². The molecular weight excluding hydrogens is 402 g/mol. The topological polar surface area (TPSA) is 78.7 Å². The first-order chi connectivity index (χ1) is 15.6. The van der Waals surface area contributed by atoms with Crippen LogP contribution >= 0.6 is 0 Å². The summed E-state index contributed by atoms with van der Waals surface area (Å²) in [7, 11) is 0. The number of para-hydroxylation sites is 1. The van der Waals surface area contributed by atoms with Gasteiger partial charge in [-0.2, -0.15) is 0 Å². The highest BCUT2D eigenvalue weighted by molar-refractivity contribution is 5.93. The van der Waals surface area contributed by atoms with Crippen LogP contribution in [0.15, 0.2) is 48.5 Å². The lowest BCUT2D eigenvalue weighted by molar-refractivity contribution is 0.171. The van der Waals surface area contributed by atoms with Crippen LogP contribution in [-0.4, -0.2) is 62.7 Å². The van der Waals surface area contributed by atoms with Crippen LogP contribution < -0.4 is 10.2 Å². The van der Waals surface area contributed by atoms with E-state index in [2.05, 4.69) is 56.9 Å². The van der Waals surface area contributed by atoms with Gasteiger partial charge in [-0.1, -0.05) is 35.9 Å². The summed E-state index contributed by atoms with van der Waals surface area (Å²) in [4.78, 5) is 21.6. The second-order valence-corrected chi connectivity index (χ2v) is 8.30. The van der Waals surface area contributed by atoms with E-state index in [1.807, 2.05) is 42.2 Å². The summed E-state index contributed by atoms with van der Waals surface area (Å²) in [5, 5.41) is 13.0. The van der Waals surface area contributed by atoms with Gasteiger partial charge in [0.15, 0.2) is 11.5 Å². The number of benzene rings is 2. The third-order valence-corrected chi connectivity index (χ3v) is 6.00. The Morgan fingerprint density at radius 2 is 1.97 bits per heavy atom. The molecule has 5 rings (SSSR count). The van der Waals surface area contributed by atoms with Crippen LogP contribution in [0.1, 0.15) is 19.4 Å². The maximum atomic E-state index is 12.4. The Labute approximate surface area is 186 Å². The summed E-state index contributed by atoms with van der Waals surface area (Å²) in [5.41, 5.74) is 3.85. The number of aryl methyl sites for hydroxylation is 1. The molecule has 0 bridgehead atoms. The number of carbonyl (C=O) groups is 1. The standard InChI is InChI=1S/C24H27N7O/c1-4-25-24(32)30-13-12-29(15-17(30)3)23-26-20-11-6-5-10-19(20)22-28-27-21(31(22)23)18-9-7-8-16(2)14-18/h5-11,14,17H,4,12-13,15H2,1-3H3,(H,25,32)/t17-/m0/s1. The van der Waals surface area contributed by atoms with Crippen molar-refractivity contribution in [2.45, 2.75) is 26.8 Å². The van der Waals surface area contributed by atoms with E-state index in [1.165, 1.54) is 5.56 Å². The molecule has 32 heavy (non-hydrogen) atoms. The van der Waals surface area contributed by atoms with Crippen LogP contribution in [0.4, 0.5) is 10.7 Å². The Morgan fingerprint density at radius 1 is 1.12 bits per heavy atom. The fraction of sp³-hybridized carbons (Fsp3) is 0.333. The van der Waals surface area contributed by atoms with E-state index in [4.69, 9.17) is 4.98 Å². The third kappa shape index (κ3) is 3.41. The van der Waals surface area contributed by atoms with Crippen molar-refractivity contribution in [2.75, 3.05) is 31.1 Å². The van der Waals surface area contributed by atoms with E-state index in [-0.39, 0.29) is 12.1 Å². The van der Waals surface area contributed by atoms with Crippen molar-refractivity contribution in [2.24, 2.45) is 0 Å². The highest BCUT2D eigenvalue weighted by atomic mass is 16.2. The summed E-state index contributed by atoms with van der Waals surface area (Å²) >= 11 is 0. The first kappa shape index (κ1) is 20.2.